The highest BCUT2D eigenvalue weighted by Gasteiger charge is 2.06. The van der Waals surface area contributed by atoms with Crippen LogP contribution in [0.25, 0.3) is 11.3 Å². The summed E-state index contributed by atoms with van der Waals surface area (Å²) in [5.74, 6) is 0. The van der Waals surface area contributed by atoms with E-state index in [2.05, 4.69) is 4.98 Å². The van der Waals surface area contributed by atoms with Gasteiger partial charge in [-0.25, -0.2) is 4.98 Å². The molecule has 4 heteroatoms. The van der Waals surface area contributed by atoms with Crippen LogP contribution in [0.5, 0.6) is 0 Å². The quantitative estimate of drug-likeness (QED) is 0.702. The van der Waals surface area contributed by atoms with Crippen molar-refractivity contribution >= 4 is 22.2 Å². The fourth-order valence-corrected chi connectivity index (χ4v) is 2.04. The van der Waals surface area contributed by atoms with Crippen LogP contribution in [0.2, 0.25) is 0 Å². The summed E-state index contributed by atoms with van der Waals surface area (Å²) in [6, 6.07) is 7.64. The minimum absolute atomic E-state index is 0.606. The van der Waals surface area contributed by atoms with Gasteiger partial charge in [0.25, 0.3) is 0 Å². The van der Waals surface area contributed by atoms with Gasteiger partial charge in [-0.2, -0.15) is 0 Å². The summed E-state index contributed by atoms with van der Waals surface area (Å²) in [4.78, 5) is 5.40. The molecular formula is C10H11N3S. The molecule has 1 aromatic carbocycles. The molecule has 1 aromatic heterocycles. The summed E-state index contributed by atoms with van der Waals surface area (Å²) in [5.41, 5.74) is 14.0. The molecule has 0 fully saturated rings. The zero-order valence-corrected chi connectivity index (χ0v) is 8.64. The molecule has 3 nitrogen and oxygen atoms in total. The van der Waals surface area contributed by atoms with Crippen molar-refractivity contribution in [2.45, 2.75) is 6.92 Å². The summed E-state index contributed by atoms with van der Waals surface area (Å²) in [6.45, 7) is 2.01. The molecule has 0 aliphatic heterocycles. The number of rotatable bonds is 1. The van der Waals surface area contributed by atoms with Crippen molar-refractivity contribution in [1.29, 1.82) is 0 Å². The molecule has 2 rings (SSSR count). The summed E-state index contributed by atoms with van der Waals surface area (Å²) in [7, 11) is 0. The normalized spacial score (nSPS) is 10.4. The first-order chi connectivity index (χ1) is 6.66. The lowest BCUT2D eigenvalue weighted by atomic mass is 10.1. The Labute approximate surface area is 86.4 Å². The van der Waals surface area contributed by atoms with Crippen molar-refractivity contribution in [2.24, 2.45) is 0 Å². The molecule has 0 amide bonds. The van der Waals surface area contributed by atoms with Crippen molar-refractivity contribution in [1.82, 2.24) is 4.98 Å². The predicted octanol–water partition coefficient (Wildman–Crippen LogP) is 2.28. The van der Waals surface area contributed by atoms with Crippen LogP contribution in [0, 0.1) is 6.92 Å². The zero-order chi connectivity index (χ0) is 10.1. The number of benzene rings is 1. The lowest BCUT2D eigenvalue weighted by Crippen LogP contribution is -1.86. The highest BCUT2D eigenvalue weighted by Crippen LogP contribution is 2.28. The second kappa shape index (κ2) is 3.31. The van der Waals surface area contributed by atoms with Crippen molar-refractivity contribution in [3.8, 4) is 11.3 Å². The number of thiazole rings is 1. The molecule has 14 heavy (non-hydrogen) atoms. The van der Waals surface area contributed by atoms with Crippen LogP contribution in [0.3, 0.4) is 0 Å². The minimum atomic E-state index is 0.606. The molecule has 0 unspecified atom stereocenters. The summed E-state index contributed by atoms with van der Waals surface area (Å²) >= 11 is 1.50. The lowest BCUT2D eigenvalue weighted by Gasteiger charge is -1.98. The average Bonchev–Trinajstić information content (AvgIpc) is 2.47. The number of nitrogens with zero attached hydrogens (tertiary/aromatic N) is 1. The van der Waals surface area contributed by atoms with Gasteiger partial charge in [-0.05, 0) is 19.1 Å². The number of aryl methyl sites for hydroxylation is 1. The Morgan fingerprint density at radius 3 is 2.29 bits per heavy atom. The van der Waals surface area contributed by atoms with Crippen molar-refractivity contribution in [3.05, 3.63) is 29.1 Å². The smallest absolute Gasteiger partial charge is 0.180 e. The van der Waals surface area contributed by atoms with Crippen molar-refractivity contribution in [2.75, 3.05) is 11.5 Å². The molecule has 0 atom stereocenters. The Kier molecular flexibility index (Phi) is 2.13. The second-order valence-electron chi connectivity index (χ2n) is 3.08. The topological polar surface area (TPSA) is 64.9 Å². The van der Waals surface area contributed by atoms with E-state index in [1.807, 2.05) is 31.2 Å². The van der Waals surface area contributed by atoms with Gasteiger partial charge in [0, 0.05) is 16.1 Å². The molecule has 0 saturated carbocycles. The maximum absolute atomic E-state index is 5.63. The Morgan fingerprint density at radius 2 is 1.79 bits per heavy atom. The van der Waals surface area contributed by atoms with Crippen molar-refractivity contribution in [3.63, 3.8) is 0 Å². The van der Waals surface area contributed by atoms with E-state index < -0.39 is 0 Å². The average molecular weight is 205 g/mol. The fraction of sp³-hybridized carbons (Fsp3) is 0.100. The zero-order valence-electron chi connectivity index (χ0n) is 7.82. The van der Waals surface area contributed by atoms with Crippen LogP contribution in [0.4, 0.5) is 10.8 Å². The minimum Gasteiger partial charge on any atom is -0.399 e. The molecule has 4 N–H and O–H groups in total. The molecule has 0 radical (unpaired) electrons. The maximum atomic E-state index is 5.63. The third-order valence-corrected chi connectivity index (χ3v) is 2.80. The van der Waals surface area contributed by atoms with Gasteiger partial charge >= 0.3 is 0 Å². The Morgan fingerprint density at radius 1 is 1.14 bits per heavy atom. The van der Waals surface area contributed by atoms with Gasteiger partial charge in [-0.3, -0.25) is 0 Å². The van der Waals surface area contributed by atoms with Gasteiger partial charge in [-0.1, -0.05) is 12.1 Å². The van der Waals surface area contributed by atoms with Gasteiger partial charge in [0.2, 0.25) is 0 Å². The van der Waals surface area contributed by atoms with E-state index in [9.17, 15) is 0 Å². The first kappa shape index (κ1) is 9.02. The van der Waals surface area contributed by atoms with E-state index in [1.54, 1.807) is 0 Å². The second-order valence-corrected chi connectivity index (χ2v) is 4.31. The molecule has 0 bridgehead atoms. The molecule has 0 spiro atoms. The van der Waals surface area contributed by atoms with E-state index in [0.29, 0.717) is 5.13 Å². The molecule has 2 aromatic rings. The van der Waals surface area contributed by atoms with Gasteiger partial charge in [0.05, 0.1) is 5.69 Å². The summed E-state index contributed by atoms with van der Waals surface area (Å²) < 4.78 is 0. The molecule has 1 heterocycles. The third kappa shape index (κ3) is 1.56. The Hall–Kier alpha value is -1.55. The van der Waals surface area contributed by atoms with Crippen LogP contribution in [0.1, 0.15) is 4.88 Å². The fourth-order valence-electron chi connectivity index (χ4n) is 1.33. The largest absolute Gasteiger partial charge is 0.399 e. The van der Waals surface area contributed by atoms with Gasteiger partial charge in [-0.15, -0.1) is 11.3 Å². The number of nitrogens with two attached hydrogens (primary N) is 2. The predicted molar refractivity (Wildman–Crippen MR) is 61.1 cm³/mol. The number of hydrogen-bond donors (Lipinski definition) is 2. The van der Waals surface area contributed by atoms with Crippen LogP contribution < -0.4 is 11.5 Å². The molecular weight excluding hydrogens is 194 g/mol. The number of anilines is 2. The monoisotopic (exact) mass is 205 g/mol. The van der Waals surface area contributed by atoms with Crippen LogP contribution in [-0.4, -0.2) is 4.98 Å². The summed E-state index contributed by atoms with van der Waals surface area (Å²) in [5, 5.41) is 0.606. The van der Waals surface area contributed by atoms with Crippen LogP contribution in [0.15, 0.2) is 24.3 Å². The van der Waals surface area contributed by atoms with E-state index in [4.69, 9.17) is 11.5 Å². The highest BCUT2D eigenvalue weighted by atomic mass is 32.1. The molecule has 0 aliphatic rings. The molecule has 0 saturated heterocycles. The van der Waals surface area contributed by atoms with Gasteiger partial charge in [0.1, 0.15) is 0 Å². The summed E-state index contributed by atoms with van der Waals surface area (Å²) in [6.07, 6.45) is 0. The van der Waals surface area contributed by atoms with Crippen molar-refractivity contribution < 1.29 is 0 Å². The van der Waals surface area contributed by atoms with Crippen LogP contribution in [-0.2, 0) is 0 Å². The SMILES string of the molecule is Cc1sc(N)nc1-c1ccc(N)cc1. The number of aromatic nitrogens is 1. The first-order valence-electron chi connectivity index (χ1n) is 4.25. The Bertz CT molecular complexity index is 445. The lowest BCUT2D eigenvalue weighted by molar-refractivity contribution is 1.38. The van der Waals surface area contributed by atoms with Gasteiger partial charge in [0.15, 0.2) is 5.13 Å². The van der Waals surface area contributed by atoms with E-state index in [-0.39, 0.29) is 0 Å². The van der Waals surface area contributed by atoms with E-state index >= 15 is 0 Å². The molecule has 72 valence electrons. The number of hydrogen-bond acceptors (Lipinski definition) is 4. The number of nitrogen functional groups attached to an aromatic ring is 2. The Balaban J connectivity index is 2.49. The third-order valence-electron chi connectivity index (χ3n) is 2.00. The van der Waals surface area contributed by atoms with E-state index in [1.165, 1.54) is 11.3 Å². The van der Waals surface area contributed by atoms with E-state index in [0.717, 1.165) is 21.8 Å². The van der Waals surface area contributed by atoms with Gasteiger partial charge < -0.3 is 11.5 Å². The van der Waals surface area contributed by atoms with Crippen LogP contribution >= 0.6 is 11.3 Å². The molecule has 0 aliphatic carbocycles. The standard InChI is InChI=1S/C10H11N3S/c1-6-9(13-10(12)14-6)7-2-4-8(11)5-3-7/h2-5H,11H2,1H3,(H2,12,13). The highest BCUT2D eigenvalue weighted by molar-refractivity contribution is 7.15. The first-order valence-corrected chi connectivity index (χ1v) is 5.07. The maximum Gasteiger partial charge on any atom is 0.180 e.